The van der Waals surface area contributed by atoms with E-state index in [0.717, 1.165) is 12.8 Å². The van der Waals surface area contributed by atoms with Crippen LogP contribution in [-0.2, 0) is 23.0 Å². The van der Waals surface area contributed by atoms with Gasteiger partial charge in [0.05, 0.1) is 13.2 Å². The van der Waals surface area contributed by atoms with Gasteiger partial charge in [0, 0.05) is 43.7 Å². The van der Waals surface area contributed by atoms with Crippen LogP contribution in [0.2, 0.25) is 0 Å². The number of ether oxygens (including phenoxy) is 1. The molecule has 0 saturated carbocycles. The molecule has 1 amide bonds. The van der Waals surface area contributed by atoms with E-state index in [9.17, 15) is 4.79 Å². The van der Waals surface area contributed by atoms with E-state index in [1.807, 2.05) is 11.0 Å². The zero-order valence-electron chi connectivity index (χ0n) is 16.5. The first-order chi connectivity index (χ1) is 13.7. The highest BCUT2D eigenvalue weighted by Gasteiger charge is 2.24. The summed E-state index contributed by atoms with van der Waals surface area (Å²) in [7, 11) is 2.09. The van der Waals surface area contributed by atoms with Crippen molar-refractivity contribution in [2.24, 2.45) is 7.05 Å². The number of hydrogen-bond acceptors (Lipinski definition) is 2. The van der Waals surface area contributed by atoms with Gasteiger partial charge in [-0.05, 0) is 36.0 Å². The third-order valence-corrected chi connectivity index (χ3v) is 5.78. The van der Waals surface area contributed by atoms with Gasteiger partial charge in [-0.2, -0.15) is 0 Å². The molecule has 1 aliphatic rings. The van der Waals surface area contributed by atoms with Crippen molar-refractivity contribution in [1.82, 2.24) is 9.47 Å². The van der Waals surface area contributed by atoms with Gasteiger partial charge in [0.25, 0.3) is 0 Å². The molecule has 4 rings (SSSR count). The lowest BCUT2D eigenvalue weighted by Crippen LogP contribution is -2.41. The fraction of sp³-hybridized carbons (Fsp3) is 0.375. The van der Waals surface area contributed by atoms with E-state index < -0.39 is 0 Å². The molecule has 3 aromatic rings. The van der Waals surface area contributed by atoms with Crippen LogP contribution in [0.15, 0.2) is 60.8 Å². The molecule has 2 heterocycles. The molecule has 0 aliphatic carbocycles. The summed E-state index contributed by atoms with van der Waals surface area (Å²) in [5.74, 6) is 0.455. The fourth-order valence-corrected chi connectivity index (χ4v) is 4.20. The molecule has 4 nitrogen and oxygen atoms in total. The summed E-state index contributed by atoms with van der Waals surface area (Å²) >= 11 is 0. The van der Waals surface area contributed by atoms with E-state index in [4.69, 9.17) is 4.74 Å². The third-order valence-electron chi connectivity index (χ3n) is 5.78. The first-order valence-corrected chi connectivity index (χ1v) is 10.2. The Morgan fingerprint density at radius 1 is 1.04 bits per heavy atom. The van der Waals surface area contributed by atoms with E-state index in [2.05, 4.69) is 66.3 Å². The number of morpholine rings is 1. The third kappa shape index (κ3) is 4.12. The van der Waals surface area contributed by atoms with Crippen molar-refractivity contribution in [3.05, 3.63) is 71.9 Å². The highest BCUT2D eigenvalue weighted by atomic mass is 16.5. The lowest BCUT2D eigenvalue weighted by molar-refractivity contribution is -0.135. The summed E-state index contributed by atoms with van der Waals surface area (Å²) in [5.41, 5.74) is 3.84. The molecule has 146 valence electrons. The molecule has 0 bridgehead atoms. The Bertz CT molecular complexity index is 926. The number of para-hydroxylation sites is 1. The molecule has 4 heteroatoms. The lowest BCUT2D eigenvalue weighted by Gasteiger charge is -2.28. The van der Waals surface area contributed by atoms with Crippen molar-refractivity contribution in [2.45, 2.75) is 25.2 Å². The minimum atomic E-state index is 0.210. The molecule has 1 fully saturated rings. The summed E-state index contributed by atoms with van der Waals surface area (Å²) in [6.07, 6.45) is 4.72. The van der Waals surface area contributed by atoms with Gasteiger partial charge < -0.3 is 14.2 Å². The highest BCUT2D eigenvalue weighted by molar-refractivity contribution is 5.86. The Morgan fingerprint density at radius 3 is 2.54 bits per heavy atom. The van der Waals surface area contributed by atoms with E-state index in [-0.39, 0.29) is 11.8 Å². The maximum Gasteiger partial charge on any atom is 0.223 e. The standard InChI is InChI=1S/C24H28N2O2/c1-25-18-22(21-9-5-6-10-23(21)25)20(12-11-19-7-3-2-4-8-19)17-24(27)26-13-15-28-16-14-26/h2-10,18,20H,11-17H2,1H3. The molecule has 1 aromatic heterocycles. The van der Waals surface area contributed by atoms with Crippen molar-refractivity contribution in [3.63, 3.8) is 0 Å². The first kappa shape index (κ1) is 18.8. The molecular weight excluding hydrogens is 348 g/mol. The summed E-state index contributed by atoms with van der Waals surface area (Å²) < 4.78 is 7.59. The van der Waals surface area contributed by atoms with Crippen LogP contribution in [0.3, 0.4) is 0 Å². The number of benzene rings is 2. The molecule has 0 spiro atoms. The second-order valence-corrected chi connectivity index (χ2v) is 7.63. The molecule has 1 atom stereocenters. The topological polar surface area (TPSA) is 34.5 Å². The van der Waals surface area contributed by atoms with Gasteiger partial charge in [-0.15, -0.1) is 0 Å². The van der Waals surface area contributed by atoms with Gasteiger partial charge in [0.15, 0.2) is 0 Å². The average Bonchev–Trinajstić information content (AvgIpc) is 3.09. The SMILES string of the molecule is Cn1cc(C(CCc2ccccc2)CC(=O)N2CCOCC2)c2ccccc21. The second kappa shape index (κ2) is 8.61. The Labute approximate surface area is 166 Å². The predicted octanol–water partition coefficient (Wildman–Crippen LogP) is 4.14. The maximum absolute atomic E-state index is 13.0. The van der Waals surface area contributed by atoms with Crippen molar-refractivity contribution in [3.8, 4) is 0 Å². The Balaban J connectivity index is 1.59. The van der Waals surface area contributed by atoms with Crippen LogP contribution in [0.1, 0.15) is 29.9 Å². The van der Waals surface area contributed by atoms with Crippen LogP contribution in [0.25, 0.3) is 10.9 Å². The monoisotopic (exact) mass is 376 g/mol. The Morgan fingerprint density at radius 2 is 1.75 bits per heavy atom. The Hall–Kier alpha value is -2.59. The van der Waals surface area contributed by atoms with Crippen molar-refractivity contribution in [1.29, 1.82) is 0 Å². The van der Waals surface area contributed by atoms with Gasteiger partial charge in [-0.3, -0.25) is 4.79 Å². The van der Waals surface area contributed by atoms with Gasteiger partial charge >= 0.3 is 0 Å². The highest BCUT2D eigenvalue weighted by Crippen LogP contribution is 2.33. The van der Waals surface area contributed by atoms with E-state index >= 15 is 0 Å². The Kier molecular flexibility index (Phi) is 5.77. The number of rotatable bonds is 6. The van der Waals surface area contributed by atoms with Gasteiger partial charge in [-0.25, -0.2) is 0 Å². The number of carbonyl (C=O) groups excluding carboxylic acids is 1. The summed E-state index contributed by atoms with van der Waals surface area (Å²) in [6, 6.07) is 19.0. The first-order valence-electron chi connectivity index (χ1n) is 10.2. The number of amides is 1. The predicted molar refractivity (Wildman–Crippen MR) is 112 cm³/mol. The molecule has 0 N–H and O–H groups in total. The number of hydrogen-bond donors (Lipinski definition) is 0. The molecule has 28 heavy (non-hydrogen) atoms. The van der Waals surface area contributed by atoms with Crippen molar-refractivity contribution < 1.29 is 9.53 Å². The van der Waals surface area contributed by atoms with Crippen LogP contribution in [0.4, 0.5) is 0 Å². The second-order valence-electron chi connectivity index (χ2n) is 7.63. The van der Waals surface area contributed by atoms with Gasteiger partial charge in [0.1, 0.15) is 0 Å². The molecule has 2 aromatic carbocycles. The fourth-order valence-electron chi connectivity index (χ4n) is 4.20. The number of carbonyl (C=O) groups is 1. The number of aryl methyl sites for hydroxylation is 2. The number of aromatic nitrogens is 1. The minimum absolute atomic E-state index is 0.210. The molecule has 1 unspecified atom stereocenters. The summed E-state index contributed by atoms with van der Waals surface area (Å²) in [6.45, 7) is 2.71. The summed E-state index contributed by atoms with van der Waals surface area (Å²) in [4.78, 5) is 15.0. The quantitative estimate of drug-likeness (QED) is 0.648. The molecule has 0 radical (unpaired) electrons. The van der Waals surface area contributed by atoms with Crippen molar-refractivity contribution in [2.75, 3.05) is 26.3 Å². The van der Waals surface area contributed by atoms with Crippen LogP contribution < -0.4 is 0 Å². The number of nitrogens with zero attached hydrogens (tertiary/aromatic N) is 2. The van der Waals surface area contributed by atoms with E-state index in [1.54, 1.807) is 0 Å². The zero-order valence-corrected chi connectivity index (χ0v) is 16.5. The molecular formula is C24H28N2O2. The average molecular weight is 377 g/mol. The van der Waals surface area contributed by atoms with Crippen LogP contribution in [-0.4, -0.2) is 41.7 Å². The maximum atomic E-state index is 13.0. The zero-order chi connectivity index (χ0) is 19.3. The normalized spacial score (nSPS) is 15.7. The molecule has 1 saturated heterocycles. The molecule has 1 aliphatic heterocycles. The van der Waals surface area contributed by atoms with Crippen LogP contribution in [0, 0.1) is 0 Å². The van der Waals surface area contributed by atoms with Gasteiger partial charge in [-0.1, -0.05) is 48.5 Å². The van der Waals surface area contributed by atoms with Crippen LogP contribution >= 0.6 is 0 Å². The number of fused-ring (bicyclic) bond motifs is 1. The lowest BCUT2D eigenvalue weighted by atomic mass is 9.89. The van der Waals surface area contributed by atoms with Crippen LogP contribution in [0.5, 0.6) is 0 Å². The van der Waals surface area contributed by atoms with Crippen molar-refractivity contribution >= 4 is 16.8 Å². The van der Waals surface area contributed by atoms with E-state index in [0.29, 0.717) is 32.7 Å². The van der Waals surface area contributed by atoms with E-state index in [1.165, 1.54) is 22.0 Å². The smallest absolute Gasteiger partial charge is 0.223 e. The summed E-state index contributed by atoms with van der Waals surface area (Å²) in [5, 5.41) is 1.26. The largest absolute Gasteiger partial charge is 0.378 e. The minimum Gasteiger partial charge on any atom is -0.378 e. The van der Waals surface area contributed by atoms with Gasteiger partial charge in [0.2, 0.25) is 5.91 Å².